The Morgan fingerprint density at radius 3 is 2.30 bits per heavy atom. The fourth-order valence-electron chi connectivity index (χ4n) is 1.80. The molecule has 0 unspecified atom stereocenters. The van der Waals surface area contributed by atoms with Gasteiger partial charge in [-0.15, -0.1) is 12.4 Å². The third-order valence-corrected chi connectivity index (χ3v) is 2.87. The van der Waals surface area contributed by atoms with Crippen molar-refractivity contribution in [2.45, 2.75) is 6.54 Å². The molecule has 0 spiro atoms. The molecule has 0 aliphatic heterocycles. The average Bonchev–Trinajstić information content (AvgIpc) is 2.48. The molecule has 2 aromatic rings. The van der Waals surface area contributed by atoms with E-state index in [1.54, 1.807) is 31.4 Å². The minimum Gasteiger partial charge on any atom is -0.497 e. The van der Waals surface area contributed by atoms with Crippen LogP contribution in [0.2, 0.25) is 0 Å². The van der Waals surface area contributed by atoms with Crippen molar-refractivity contribution in [1.29, 1.82) is 0 Å². The molecule has 20 heavy (non-hydrogen) atoms. The van der Waals surface area contributed by atoms with Crippen LogP contribution in [0, 0.1) is 0 Å². The molecule has 2 rings (SSSR count). The molecule has 0 fully saturated rings. The van der Waals surface area contributed by atoms with Crippen LogP contribution in [-0.4, -0.2) is 19.4 Å². The van der Waals surface area contributed by atoms with Crippen LogP contribution in [0.3, 0.4) is 0 Å². The highest BCUT2D eigenvalue weighted by atomic mass is 35.5. The van der Waals surface area contributed by atoms with E-state index in [9.17, 15) is 4.79 Å². The first-order valence-electron chi connectivity index (χ1n) is 6.21. The van der Waals surface area contributed by atoms with Crippen LogP contribution in [-0.2, 0) is 6.54 Å². The highest BCUT2D eigenvalue weighted by Crippen LogP contribution is 2.11. The Morgan fingerprint density at radius 1 is 1.05 bits per heavy atom. The Balaban J connectivity index is 0.00000200. The fraction of sp³-hybridized carbons (Fsp3) is 0.188. The van der Waals surface area contributed by atoms with E-state index in [-0.39, 0.29) is 18.2 Å². The molecule has 0 aliphatic rings. The van der Waals surface area contributed by atoms with Crippen LogP contribution in [0.4, 0.5) is 0 Å². The van der Waals surface area contributed by atoms with Crippen molar-refractivity contribution >= 4 is 18.2 Å². The largest absolute Gasteiger partial charge is 0.497 e. The number of Topliss-reactive ketones (excluding diaryl/α,β-unsaturated/α-hetero) is 1. The van der Waals surface area contributed by atoms with Gasteiger partial charge in [-0.2, -0.15) is 0 Å². The van der Waals surface area contributed by atoms with E-state index >= 15 is 0 Å². The summed E-state index contributed by atoms with van der Waals surface area (Å²) in [5.41, 5.74) is 1.87. The highest BCUT2D eigenvalue weighted by Gasteiger charge is 2.05. The summed E-state index contributed by atoms with van der Waals surface area (Å²) in [4.78, 5) is 11.9. The third-order valence-electron chi connectivity index (χ3n) is 2.87. The first-order chi connectivity index (χ1) is 9.29. The lowest BCUT2D eigenvalue weighted by atomic mass is 10.1. The van der Waals surface area contributed by atoms with Gasteiger partial charge in [-0.25, -0.2) is 0 Å². The molecular formula is C16H18ClNO2. The number of halogens is 1. The third kappa shape index (κ3) is 4.68. The van der Waals surface area contributed by atoms with E-state index in [1.165, 1.54) is 5.56 Å². The van der Waals surface area contributed by atoms with E-state index in [0.29, 0.717) is 18.7 Å². The predicted molar refractivity (Wildman–Crippen MR) is 82.7 cm³/mol. The molecule has 4 heteroatoms. The predicted octanol–water partition coefficient (Wildman–Crippen LogP) is 3.09. The van der Waals surface area contributed by atoms with Gasteiger partial charge in [0.2, 0.25) is 0 Å². The number of carbonyl (C=O) groups is 1. The number of hydrogen-bond acceptors (Lipinski definition) is 3. The van der Waals surface area contributed by atoms with Crippen LogP contribution >= 0.6 is 12.4 Å². The molecule has 3 nitrogen and oxygen atoms in total. The molecule has 0 aliphatic carbocycles. The number of benzene rings is 2. The molecule has 0 radical (unpaired) electrons. The molecule has 0 saturated heterocycles. The normalized spacial score (nSPS) is 9.65. The lowest BCUT2D eigenvalue weighted by Crippen LogP contribution is -2.22. The van der Waals surface area contributed by atoms with Gasteiger partial charge in [0.1, 0.15) is 5.75 Å². The second-order valence-electron chi connectivity index (χ2n) is 4.24. The van der Waals surface area contributed by atoms with Gasteiger partial charge >= 0.3 is 0 Å². The SMILES string of the molecule is COc1ccc(C(=O)CNCc2ccccc2)cc1.Cl. The molecule has 0 heterocycles. The Bertz CT molecular complexity index is 526. The zero-order valence-corrected chi connectivity index (χ0v) is 12.2. The van der Waals surface area contributed by atoms with Gasteiger partial charge in [-0.3, -0.25) is 4.79 Å². The van der Waals surface area contributed by atoms with E-state index in [0.717, 1.165) is 5.75 Å². The monoisotopic (exact) mass is 291 g/mol. The van der Waals surface area contributed by atoms with Gasteiger partial charge in [0, 0.05) is 12.1 Å². The maximum atomic E-state index is 11.9. The summed E-state index contributed by atoms with van der Waals surface area (Å²) in [6.45, 7) is 1.03. The minimum absolute atomic E-state index is 0. The van der Waals surface area contributed by atoms with Gasteiger partial charge in [-0.05, 0) is 29.8 Å². The van der Waals surface area contributed by atoms with E-state index < -0.39 is 0 Å². The summed E-state index contributed by atoms with van der Waals surface area (Å²) in [5.74, 6) is 0.840. The highest BCUT2D eigenvalue weighted by molar-refractivity contribution is 5.97. The molecule has 0 saturated carbocycles. The van der Waals surface area contributed by atoms with Gasteiger partial charge in [-0.1, -0.05) is 30.3 Å². The number of hydrogen-bond donors (Lipinski definition) is 1. The van der Waals surface area contributed by atoms with Crippen LogP contribution in [0.15, 0.2) is 54.6 Å². The van der Waals surface area contributed by atoms with Crippen molar-refractivity contribution in [3.63, 3.8) is 0 Å². The standard InChI is InChI=1S/C16H17NO2.ClH/c1-19-15-9-7-14(8-10-15)16(18)12-17-11-13-5-3-2-4-6-13;/h2-10,17H,11-12H2,1H3;1H. The summed E-state index contributed by atoms with van der Waals surface area (Å²) in [5, 5.41) is 3.15. The van der Waals surface area contributed by atoms with Crippen molar-refractivity contribution < 1.29 is 9.53 Å². The number of methoxy groups -OCH3 is 1. The van der Waals surface area contributed by atoms with Gasteiger partial charge in [0.05, 0.1) is 13.7 Å². The topological polar surface area (TPSA) is 38.3 Å². The second kappa shape index (κ2) is 8.35. The van der Waals surface area contributed by atoms with Crippen LogP contribution in [0.1, 0.15) is 15.9 Å². The van der Waals surface area contributed by atoms with Crippen molar-refractivity contribution in [2.75, 3.05) is 13.7 Å². The van der Waals surface area contributed by atoms with E-state index in [1.807, 2.05) is 30.3 Å². The van der Waals surface area contributed by atoms with Gasteiger partial charge in [0.25, 0.3) is 0 Å². The maximum absolute atomic E-state index is 11.9. The first-order valence-corrected chi connectivity index (χ1v) is 6.21. The number of rotatable bonds is 6. The molecule has 0 atom stereocenters. The molecule has 0 bridgehead atoms. The molecule has 0 amide bonds. The molecule has 0 aromatic heterocycles. The summed E-state index contributed by atoms with van der Waals surface area (Å²) >= 11 is 0. The quantitative estimate of drug-likeness (QED) is 0.831. The van der Waals surface area contributed by atoms with Crippen molar-refractivity contribution in [3.8, 4) is 5.75 Å². The Labute approximate surface area is 125 Å². The van der Waals surface area contributed by atoms with Gasteiger partial charge < -0.3 is 10.1 Å². The Kier molecular flexibility index (Phi) is 6.77. The fourth-order valence-corrected chi connectivity index (χ4v) is 1.80. The lowest BCUT2D eigenvalue weighted by Gasteiger charge is -2.05. The molecular weight excluding hydrogens is 274 g/mol. The summed E-state index contributed by atoms with van der Waals surface area (Å²) in [6.07, 6.45) is 0. The van der Waals surface area contributed by atoms with E-state index in [2.05, 4.69) is 5.32 Å². The summed E-state index contributed by atoms with van der Waals surface area (Å²) in [7, 11) is 1.61. The van der Waals surface area contributed by atoms with Crippen molar-refractivity contribution in [3.05, 3.63) is 65.7 Å². The van der Waals surface area contributed by atoms with Crippen molar-refractivity contribution in [2.24, 2.45) is 0 Å². The molecule has 2 aromatic carbocycles. The number of nitrogens with one attached hydrogen (secondary N) is 1. The first kappa shape index (κ1) is 16.2. The lowest BCUT2D eigenvalue weighted by molar-refractivity contribution is 0.0991. The second-order valence-corrected chi connectivity index (χ2v) is 4.24. The summed E-state index contributed by atoms with van der Waals surface area (Å²) in [6, 6.07) is 17.2. The maximum Gasteiger partial charge on any atom is 0.176 e. The Morgan fingerprint density at radius 2 is 1.70 bits per heavy atom. The number of ketones is 1. The number of ether oxygens (including phenoxy) is 1. The average molecular weight is 292 g/mol. The van der Waals surface area contributed by atoms with Crippen LogP contribution in [0.25, 0.3) is 0 Å². The minimum atomic E-state index is 0. The molecule has 106 valence electrons. The number of carbonyl (C=O) groups excluding carboxylic acids is 1. The molecule has 1 N–H and O–H groups in total. The Hall–Kier alpha value is -1.84. The van der Waals surface area contributed by atoms with E-state index in [4.69, 9.17) is 4.74 Å². The van der Waals surface area contributed by atoms with Crippen molar-refractivity contribution in [1.82, 2.24) is 5.32 Å². The summed E-state index contributed by atoms with van der Waals surface area (Å²) < 4.78 is 5.06. The van der Waals surface area contributed by atoms with Gasteiger partial charge in [0.15, 0.2) is 5.78 Å². The zero-order chi connectivity index (χ0) is 13.5. The van der Waals surface area contributed by atoms with Crippen LogP contribution in [0.5, 0.6) is 5.75 Å². The smallest absolute Gasteiger partial charge is 0.176 e. The van der Waals surface area contributed by atoms with Crippen LogP contribution < -0.4 is 10.1 Å². The zero-order valence-electron chi connectivity index (χ0n) is 11.3.